The summed E-state index contributed by atoms with van der Waals surface area (Å²) in [7, 11) is 0. The molecular formula is C29H33NO3. The second-order valence-corrected chi connectivity index (χ2v) is 8.98. The Morgan fingerprint density at radius 1 is 0.879 bits per heavy atom. The Labute approximate surface area is 197 Å². The van der Waals surface area contributed by atoms with Gasteiger partial charge in [0, 0.05) is 12.6 Å². The lowest BCUT2D eigenvalue weighted by molar-refractivity contribution is -0.0802. The van der Waals surface area contributed by atoms with Crippen molar-refractivity contribution in [3.63, 3.8) is 0 Å². The van der Waals surface area contributed by atoms with Crippen LogP contribution in [-0.2, 0) is 24.4 Å². The highest BCUT2D eigenvalue weighted by atomic mass is 16.5. The standard InChI is InChI=1S/C29H33NO3/c1-2-15-30-16-17-31-29-25-19-28(33-21-23-11-7-4-8-12-23)27(18-24(25)13-14-26(29)30)32-20-22-9-5-3-6-10-22/h3-12,18-19,26,29H,2,13-17,20-21H2,1H3/t26-,29-/m1/s1. The fourth-order valence-corrected chi connectivity index (χ4v) is 5.06. The molecule has 1 fully saturated rings. The zero-order chi connectivity index (χ0) is 22.5. The maximum atomic E-state index is 6.34. The van der Waals surface area contributed by atoms with Gasteiger partial charge in [0.05, 0.1) is 12.7 Å². The van der Waals surface area contributed by atoms with Crippen molar-refractivity contribution in [3.8, 4) is 11.5 Å². The van der Waals surface area contributed by atoms with E-state index in [1.165, 1.54) is 17.5 Å². The molecule has 0 spiro atoms. The van der Waals surface area contributed by atoms with Crippen LogP contribution in [0.15, 0.2) is 72.8 Å². The number of rotatable bonds is 8. The minimum atomic E-state index is 0.108. The smallest absolute Gasteiger partial charge is 0.162 e. The first-order valence-electron chi connectivity index (χ1n) is 12.2. The highest BCUT2D eigenvalue weighted by Crippen LogP contribution is 2.43. The molecule has 0 radical (unpaired) electrons. The van der Waals surface area contributed by atoms with Crippen molar-refractivity contribution in [2.24, 2.45) is 0 Å². The number of ether oxygens (including phenoxy) is 3. The molecule has 5 rings (SSSR count). The van der Waals surface area contributed by atoms with Crippen LogP contribution in [0.4, 0.5) is 0 Å². The summed E-state index contributed by atoms with van der Waals surface area (Å²) in [5, 5.41) is 0. The van der Waals surface area contributed by atoms with Gasteiger partial charge in [0.1, 0.15) is 13.2 Å². The molecule has 1 saturated heterocycles. The molecule has 4 nitrogen and oxygen atoms in total. The van der Waals surface area contributed by atoms with Gasteiger partial charge in [-0.25, -0.2) is 0 Å². The lowest BCUT2D eigenvalue weighted by Gasteiger charge is -2.44. The first-order chi connectivity index (χ1) is 16.3. The van der Waals surface area contributed by atoms with Crippen molar-refractivity contribution in [1.29, 1.82) is 0 Å². The fourth-order valence-electron chi connectivity index (χ4n) is 5.06. The van der Waals surface area contributed by atoms with Gasteiger partial charge in [-0.15, -0.1) is 0 Å². The highest BCUT2D eigenvalue weighted by molar-refractivity contribution is 5.50. The van der Waals surface area contributed by atoms with Gasteiger partial charge in [-0.1, -0.05) is 67.6 Å². The average molecular weight is 444 g/mol. The van der Waals surface area contributed by atoms with Crippen LogP contribution in [0.2, 0.25) is 0 Å². The maximum absolute atomic E-state index is 6.34. The number of nitrogens with zero attached hydrogens (tertiary/aromatic N) is 1. The van der Waals surface area contributed by atoms with Crippen molar-refractivity contribution in [2.75, 3.05) is 19.7 Å². The summed E-state index contributed by atoms with van der Waals surface area (Å²) < 4.78 is 19.0. The zero-order valence-corrected chi connectivity index (χ0v) is 19.4. The summed E-state index contributed by atoms with van der Waals surface area (Å²) in [5.74, 6) is 1.61. The van der Waals surface area contributed by atoms with Crippen LogP contribution in [0.3, 0.4) is 0 Å². The Hall–Kier alpha value is -2.82. The van der Waals surface area contributed by atoms with Crippen LogP contribution in [0, 0.1) is 0 Å². The molecule has 2 aliphatic rings. The second kappa shape index (κ2) is 10.4. The summed E-state index contributed by atoms with van der Waals surface area (Å²) in [6.45, 7) is 6.24. The van der Waals surface area contributed by atoms with Gasteiger partial charge in [0.15, 0.2) is 11.5 Å². The topological polar surface area (TPSA) is 30.9 Å². The molecule has 33 heavy (non-hydrogen) atoms. The highest BCUT2D eigenvalue weighted by Gasteiger charge is 2.37. The molecule has 4 heteroatoms. The van der Waals surface area contributed by atoms with Crippen LogP contribution in [0.5, 0.6) is 11.5 Å². The Balaban J connectivity index is 1.43. The van der Waals surface area contributed by atoms with E-state index in [1.807, 2.05) is 36.4 Å². The molecule has 1 aliphatic heterocycles. The van der Waals surface area contributed by atoms with Crippen molar-refractivity contribution in [2.45, 2.75) is 51.5 Å². The van der Waals surface area contributed by atoms with Gasteiger partial charge in [0.25, 0.3) is 0 Å². The molecule has 0 N–H and O–H groups in total. The van der Waals surface area contributed by atoms with Gasteiger partial charge in [-0.05, 0) is 60.2 Å². The van der Waals surface area contributed by atoms with Crippen molar-refractivity contribution in [3.05, 3.63) is 95.1 Å². The number of hydrogen-bond donors (Lipinski definition) is 0. The number of fused-ring (bicyclic) bond motifs is 3. The van der Waals surface area contributed by atoms with E-state index in [-0.39, 0.29) is 6.10 Å². The van der Waals surface area contributed by atoms with Gasteiger partial charge >= 0.3 is 0 Å². The Kier molecular flexibility index (Phi) is 6.94. The van der Waals surface area contributed by atoms with Crippen LogP contribution in [0.1, 0.15) is 48.1 Å². The van der Waals surface area contributed by atoms with E-state index >= 15 is 0 Å². The third-order valence-electron chi connectivity index (χ3n) is 6.70. The second-order valence-electron chi connectivity index (χ2n) is 8.98. The first-order valence-corrected chi connectivity index (χ1v) is 12.2. The quantitative estimate of drug-likeness (QED) is 0.431. The van der Waals surface area contributed by atoms with E-state index in [4.69, 9.17) is 14.2 Å². The predicted molar refractivity (Wildman–Crippen MR) is 131 cm³/mol. The number of aryl methyl sites for hydroxylation is 1. The van der Waals surface area contributed by atoms with Gasteiger partial charge in [-0.3, -0.25) is 4.90 Å². The van der Waals surface area contributed by atoms with Gasteiger partial charge in [0.2, 0.25) is 0 Å². The zero-order valence-electron chi connectivity index (χ0n) is 19.4. The Morgan fingerprint density at radius 2 is 1.52 bits per heavy atom. The van der Waals surface area contributed by atoms with E-state index in [0.29, 0.717) is 19.3 Å². The minimum absolute atomic E-state index is 0.108. The summed E-state index contributed by atoms with van der Waals surface area (Å²) in [4.78, 5) is 2.61. The molecule has 3 aromatic rings. The molecule has 0 saturated carbocycles. The van der Waals surface area contributed by atoms with Crippen LogP contribution >= 0.6 is 0 Å². The molecular weight excluding hydrogens is 410 g/mol. The molecule has 1 heterocycles. The normalized spacial score (nSPS) is 20.0. The average Bonchev–Trinajstić information content (AvgIpc) is 2.87. The molecule has 3 aromatic carbocycles. The molecule has 0 aromatic heterocycles. The summed E-state index contributed by atoms with van der Waals surface area (Å²) in [6.07, 6.45) is 3.45. The van der Waals surface area contributed by atoms with E-state index in [1.54, 1.807) is 0 Å². The van der Waals surface area contributed by atoms with E-state index < -0.39 is 0 Å². The lowest BCUT2D eigenvalue weighted by Crippen LogP contribution is -2.49. The summed E-state index contributed by atoms with van der Waals surface area (Å²) >= 11 is 0. The number of benzene rings is 3. The monoisotopic (exact) mass is 443 g/mol. The predicted octanol–water partition coefficient (Wildman–Crippen LogP) is 5.94. The number of hydrogen-bond acceptors (Lipinski definition) is 4. The molecule has 0 unspecified atom stereocenters. The third-order valence-corrected chi connectivity index (χ3v) is 6.70. The third kappa shape index (κ3) is 5.07. The van der Waals surface area contributed by atoms with Crippen molar-refractivity contribution >= 4 is 0 Å². The SMILES string of the molecule is CCCN1CCO[C@@H]2c3cc(OCc4ccccc4)c(OCc4ccccc4)cc3CC[C@H]21. The van der Waals surface area contributed by atoms with Crippen LogP contribution in [0.25, 0.3) is 0 Å². The van der Waals surface area contributed by atoms with Gasteiger partial charge < -0.3 is 14.2 Å². The first kappa shape index (κ1) is 22.0. The number of morpholine rings is 1. The summed E-state index contributed by atoms with van der Waals surface area (Å²) in [6, 6.07) is 25.4. The largest absolute Gasteiger partial charge is 0.485 e. The van der Waals surface area contributed by atoms with Crippen LogP contribution < -0.4 is 9.47 Å². The lowest BCUT2D eigenvalue weighted by atomic mass is 9.83. The van der Waals surface area contributed by atoms with Crippen LogP contribution in [-0.4, -0.2) is 30.6 Å². The van der Waals surface area contributed by atoms with Gasteiger partial charge in [-0.2, -0.15) is 0 Å². The summed E-state index contributed by atoms with van der Waals surface area (Å²) in [5.41, 5.74) is 4.88. The molecule has 1 aliphatic carbocycles. The molecule has 2 atom stereocenters. The molecule has 172 valence electrons. The fraction of sp³-hybridized carbons (Fsp3) is 0.379. The van der Waals surface area contributed by atoms with Crippen molar-refractivity contribution in [1.82, 2.24) is 4.90 Å². The van der Waals surface area contributed by atoms with E-state index in [0.717, 1.165) is 55.2 Å². The van der Waals surface area contributed by atoms with E-state index in [9.17, 15) is 0 Å². The Morgan fingerprint density at radius 3 is 2.15 bits per heavy atom. The maximum Gasteiger partial charge on any atom is 0.162 e. The Bertz CT molecular complexity index is 1040. The molecule has 0 amide bonds. The van der Waals surface area contributed by atoms with Crippen molar-refractivity contribution < 1.29 is 14.2 Å². The minimum Gasteiger partial charge on any atom is -0.485 e. The van der Waals surface area contributed by atoms with E-state index in [2.05, 4.69) is 48.2 Å². The molecule has 0 bridgehead atoms.